The smallest absolute Gasteiger partial charge is 0.165 e. The van der Waals surface area contributed by atoms with Crippen LogP contribution in [0, 0.1) is 5.82 Å². The van der Waals surface area contributed by atoms with E-state index in [2.05, 4.69) is 0 Å². The molecule has 19 heavy (non-hydrogen) atoms. The highest BCUT2D eigenvalue weighted by Gasteiger charge is 2.06. The Morgan fingerprint density at radius 1 is 1.26 bits per heavy atom. The summed E-state index contributed by atoms with van der Waals surface area (Å²) in [5.74, 6) is -0.275. The highest BCUT2D eigenvalue weighted by atomic mass is 32.1. The summed E-state index contributed by atoms with van der Waals surface area (Å²) in [6.45, 7) is 2.05. The van der Waals surface area contributed by atoms with Crippen LogP contribution in [0.5, 0.6) is 5.75 Å². The van der Waals surface area contributed by atoms with Crippen LogP contribution in [0.25, 0.3) is 0 Å². The molecule has 4 nitrogen and oxygen atoms in total. The van der Waals surface area contributed by atoms with E-state index in [1.54, 1.807) is 13.2 Å². The van der Waals surface area contributed by atoms with Crippen LogP contribution >= 0.6 is 12.2 Å². The van der Waals surface area contributed by atoms with Gasteiger partial charge < -0.3 is 19.9 Å². The van der Waals surface area contributed by atoms with Crippen molar-refractivity contribution in [1.29, 1.82) is 0 Å². The van der Waals surface area contributed by atoms with Gasteiger partial charge in [-0.1, -0.05) is 12.2 Å². The molecule has 0 fully saturated rings. The van der Waals surface area contributed by atoms with Gasteiger partial charge in [-0.2, -0.15) is 0 Å². The number of nitrogens with two attached hydrogens (primary N) is 1. The topological polar surface area (TPSA) is 53.7 Å². The molecule has 1 aromatic carbocycles. The lowest BCUT2D eigenvalue weighted by Crippen LogP contribution is -2.10. The van der Waals surface area contributed by atoms with Crippen molar-refractivity contribution >= 4 is 17.2 Å². The minimum Gasteiger partial charge on any atom is -0.490 e. The van der Waals surface area contributed by atoms with Gasteiger partial charge in [-0.25, -0.2) is 4.39 Å². The van der Waals surface area contributed by atoms with E-state index in [1.165, 1.54) is 12.1 Å². The molecule has 0 bridgehead atoms. The Morgan fingerprint density at radius 3 is 2.68 bits per heavy atom. The lowest BCUT2D eigenvalue weighted by atomic mass is 10.2. The Balaban J connectivity index is 2.28. The zero-order valence-electron chi connectivity index (χ0n) is 10.9. The molecular formula is C13H18FNO3S. The van der Waals surface area contributed by atoms with Crippen LogP contribution in [0.2, 0.25) is 0 Å². The maximum atomic E-state index is 13.6. The standard InChI is InChI=1S/C13H18FNO3S/c1-16-7-8-17-5-2-6-18-12-4-3-10(13(15)19)9-11(12)14/h3-4,9H,2,5-8H2,1H3,(H2,15,19). The zero-order valence-corrected chi connectivity index (χ0v) is 11.7. The fourth-order valence-corrected chi connectivity index (χ4v) is 1.49. The number of hydrogen-bond donors (Lipinski definition) is 1. The van der Waals surface area contributed by atoms with Crippen LogP contribution < -0.4 is 10.5 Å². The van der Waals surface area contributed by atoms with E-state index >= 15 is 0 Å². The van der Waals surface area contributed by atoms with Gasteiger partial charge in [-0.3, -0.25) is 0 Å². The molecule has 0 aliphatic heterocycles. The van der Waals surface area contributed by atoms with Gasteiger partial charge in [0.2, 0.25) is 0 Å². The molecule has 0 atom stereocenters. The van der Waals surface area contributed by atoms with E-state index in [-0.39, 0.29) is 10.7 Å². The van der Waals surface area contributed by atoms with E-state index in [4.69, 9.17) is 32.2 Å². The van der Waals surface area contributed by atoms with Crippen LogP contribution in [-0.4, -0.2) is 38.5 Å². The van der Waals surface area contributed by atoms with E-state index in [1.807, 2.05) is 0 Å². The Labute approximate surface area is 117 Å². The first-order chi connectivity index (χ1) is 9.15. The SMILES string of the molecule is COCCOCCCOc1ccc(C(N)=S)cc1F. The van der Waals surface area contributed by atoms with Gasteiger partial charge in [-0.15, -0.1) is 0 Å². The van der Waals surface area contributed by atoms with Crippen LogP contribution in [0.1, 0.15) is 12.0 Å². The zero-order chi connectivity index (χ0) is 14.1. The van der Waals surface area contributed by atoms with E-state index in [0.717, 1.165) is 0 Å². The Hall–Kier alpha value is -1.24. The molecule has 1 rings (SSSR count). The number of rotatable bonds is 9. The number of benzene rings is 1. The molecule has 0 spiro atoms. The predicted molar refractivity (Wildman–Crippen MR) is 75.1 cm³/mol. The summed E-state index contributed by atoms with van der Waals surface area (Å²) in [6.07, 6.45) is 0.681. The summed E-state index contributed by atoms with van der Waals surface area (Å²) in [7, 11) is 1.62. The van der Waals surface area contributed by atoms with Crippen molar-refractivity contribution in [1.82, 2.24) is 0 Å². The summed E-state index contributed by atoms with van der Waals surface area (Å²) in [4.78, 5) is 0.164. The lowest BCUT2D eigenvalue weighted by Gasteiger charge is -2.08. The van der Waals surface area contributed by atoms with Crippen molar-refractivity contribution in [3.8, 4) is 5.75 Å². The number of halogens is 1. The largest absolute Gasteiger partial charge is 0.490 e. The van der Waals surface area contributed by atoms with Crippen LogP contribution in [0.4, 0.5) is 4.39 Å². The first-order valence-electron chi connectivity index (χ1n) is 5.94. The molecule has 0 heterocycles. The summed E-state index contributed by atoms with van der Waals surface area (Å²) in [5.41, 5.74) is 5.90. The molecule has 2 N–H and O–H groups in total. The molecule has 0 unspecified atom stereocenters. The third-order valence-corrected chi connectivity index (χ3v) is 2.57. The van der Waals surface area contributed by atoms with Gasteiger partial charge in [0.15, 0.2) is 11.6 Å². The van der Waals surface area contributed by atoms with Gasteiger partial charge in [-0.05, 0) is 18.2 Å². The number of hydrogen-bond acceptors (Lipinski definition) is 4. The van der Waals surface area contributed by atoms with Crippen molar-refractivity contribution in [3.63, 3.8) is 0 Å². The van der Waals surface area contributed by atoms with Crippen molar-refractivity contribution < 1.29 is 18.6 Å². The molecule has 0 aliphatic rings. The van der Waals surface area contributed by atoms with Crippen LogP contribution in [0.3, 0.4) is 0 Å². The third-order valence-electron chi connectivity index (χ3n) is 2.34. The van der Waals surface area contributed by atoms with Crippen molar-refractivity contribution in [3.05, 3.63) is 29.6 Å². The first kappa shape index (κ1) is 15.8. The third kappa shape index (κ3) is 5.96. The first-order valence-corrected chi connectivity index (χ1v) is 6.35. The lowest BCUT2D eigenvalue weighted by molar-refractivity contribution is 0.0642. The van der Waals surface area contributed by atoms with Crippen molar-refractivity contribution in [2.45, 2.75) is 6.42 Å². The quantitative estimate of drug-likeness (QED) is 0.555. The average Bonchev–Trinajstić information content (AvgIpc) is 2.39. The van der Waals surface area contributed by atoms with Crippen molar-refractivity contribution in [2.24, 2.45) is 5.73 Å². The molecule has 6 heteroatoms. The molecule has 106 valence electrons. The monoisotopic (exact) mass is 287 g/mol. The minimum atomic E-state index is -0.467. The highest BCUT2D eigenvalue weighted by Crippen LogP contribution is 2.18. The molecular weight excluding hydrogens is 269 g/mol. The number of methoxy groups -OCH3 is 1. The van der Waals surface area contributed by atoms with Gasteiger partial charge >= 0.3 is 0 Å². The van der Waals surface area contributed by atoms with Crippen LogP contribution in [0.15, 0.2) is 18.2 Å². The Kier molecular flexibility index (Phi) is 7.32. The second-order valence-electron chi connectivity index (χ2n) is 3.82. The molecule has 0 saturated carbocycles. The fraction of sp³-hybridized carbons (Fsp3) is 0.462. The minimum absolute atomic E-state index is 0.164. The fourth-order valence-electron chi connectivity index (χ4n) is 1.36. The summed E-state index contributed by atoms with van der Waals surface area (Å²) in [5, 5.41) is 0. The highest BCUT2D eigenvalue weighted by molar-refractivity contribution is 7.80. The van der Waals surface area contributed by atoms with Gasteiger partial charge in [0.25, 0.3) is 0 Å². The summed E-state index contributed by atoms with van der Waals surface area (Å²) < 4.78 is 29.0. The van der Waals surface area contributed by atoms with E-state index < -0.39 is 5.82 Å². The average molecular weight is 287 g/mol. The van der Waals surface area contributed by atoms with E-state index in [0.29, 0.717) is 38.4 Å². The normalized spacial score (nSPS) is 10.4. The molecule has 0 aromatic heterocycles. The predicted octanol–water partition coefficient (Wildman–Crippen LogP) is 1.89. The molecule has 0 radical (unpaired) electrons. The molecule has 0 amide bonds. The van der Waals surface area contributed by atoms with Crippen LogP contribution in [-0.2, 0) is 9.47 Å². The van der Waals surface area contributed by atoms with Gasteiger partial charge in [0.05, 0.1) is 19.8 Å². The Bertz CT molecular complexity index is 415. The second-order valence-corrected chi connectivity index (χ2v) is 4.26. The Morgan fingerprint density at radius 2 is 2.05 bits per heavy atom. The number of ether oxygens (including phenoxy) is 3. The number of thiocarbonyl (C=S) groups is 1. The maximum Gasteiger partial charge on any atom is 0.165 e. The van der Waals surface area contributed by atoms with Crippen molar-refractivity contribution in [2.75, 3.05) is 33.5 Å². The molecule has 0 saturated heterocycles. The molecule has 1 aromatic rings. The van der Waals surface area contributed by atoms with E-state index in [9.17, 15) is 4.39 Å². The maximum absolute atomic E-state index is 13.6. The van der Waals surface area contributed by atoms with Gasteiger partial charge in [0, 0.05) is 25.7 Å². The van der Waals surface area contributed by atoms with Gasteiger partial charge in [0.1, 0.15) is 4.99 Å². The summed E-state index contributed by atoms with van der Waals surface area (Å²) >= 11 is 4.77. The molecule has 0 aliphatic carbocycles. The summed E-state index contributed by atoms with van der Waals surface area (Å²) in [6, 6.07) is 4.43. The second kappa shape index (κ2) is 8.79.